The number of benzene rings is 3. The molecule has 0 saturated carbocycles. The van der Waals surface area contributed by atoms with E-state index in [1.807, 2.05) is 12.1 Å². The van der Waals surface area contributed by atoms with E-state index in [2.05, 4.69) is 81.1 Å². The Labute approximate surface area is 211 Å². The van der Waals surface area contributed by atoms with Crippen molar-refractivity contribution in [3.8, 4) is 22.3 Å². The molecule has 184 valence electrons. The third-order valence-corrected chi connectivity index (χ3v) is 6.32. The van der Waals surface area contributed by atoms with Gasteiger partial charge < -0.3 is 4.74 Å². The molecule has 0 bridgehead atoms. The van der Waals surface area contributed by atoms with Gasteiger partial charge in [-0.25, -0.2) is 4.39 Å². The topological polar surface area (TPSA) is 9.23 Å². The van der Waals surface area contributed by atoms with E-state index in [4.69, 9.17) is 4.74 Å². The molecule has 0 aliphatic rings. The molecule has 0 fully saturated rings. The molecule has 1 nitrogen and oxygen atoms in total. The third-order valence-electron chi connectivity index (χ3n) is 6.32. The summed E-state index contributed by atoms with van der Waals surface area (Å²) in [5.41, 5.74) is 6.12. The average Bonchev–Trinajstić information content (AvgIpc) is 2.88. The number of rotatable bonds is 14. The Hall–Kier alpha value is -2.97. The minimum atomic E-state index is -0.180. The lowest BCUT2D eigenvalue weighted by Crippen LogP contribution is -2.08. The maximum absolute atomic E-state index is 14.3. The highest BCUT2D eigenvalue weighted by atomic mass is 19.1. The Morgan fingerprint density at radius 2 is 1.49 bits per heavy atom. The van der Waals surface area contributed by atoms with Crippen molar-refractivity contribution in [3.63, 3.8) is 0 Å². The van der Waals surface area contributed by atoms with Crippen LogP contribution in [0.3, 0.4) is 0 Å². The van der Waals surface area contributed by atoms with Crippen LogP contribution >= 0.6 is 0 Å². The first-order valence-corrected chi connectivity index (χ1v) is 13.0. The van der Waals surface area contributed by atoms with Gasteiger partial charge in [0.15, 0.2) is 0 Å². The molecule has 0 aliphatic carbocycles. The molecule has 0 saturated heterocycles. The van der Waals surface area contributed by atoms with E-state index in [1.54, 1.807) is 12.1 Å². The summed E-state index contributed by atoms with van der Waals surface area (Å²) in [5.74, 6) is -0.180. The van der Waals surface area contributed by atoms with Crippen LogP contribution in [0.4, 0.5) is 4.39 Å². The molecule has 0 radical (unpaired) electrons. The van der Waals surface area contributed by atoms with Crippen LogP contribution < -0.4 is 0 Å². The van der Waals surface area contributed by atoms with Crippen molar-refractivity contribution < 1.29 is 9.13 Å². The summed E-state index contributed by atoms with van der Waals surface area (Å²) in [5, 5.41) is 0. The third kappa shape index (κ3) is 8.64. The van der Waals surface area contributed by atoms with E-state index in [9.17, 15) is 4.39 Å². The summed E-state index contributed by atoms with van der Waals surface area (Å²) in [6, 6.07) is 22.4. The molecule has 0 aliphatic heterocycles. The minimum absolute atomic E-state index is 0.180. The van der Waals surface area contributed by atoms with Crippen molar-refractivity contribution in [3.05, 3.63) is 102 Å². The summed E-state index contributed by atoms with van der Waals surface area (Å²) < 4.78 is 20.2. The lowest BCUT2D eigenvalue weighted by molar-refractivity contribution is 0.0566. The van der Waals surface area contributed by atoms with Gasteiger partial charge in [0, 0.05) is 6.61 Å². The standard InChI is InChI=1S/C33H39FO/c1-4-6-10-24-35-26(3)12-8-7-9-13-27-14-16-28(17-15-27)29-18-20-30(21-19-29)32-23-22-31(11-5-2)33(34)25-32/h5,9,13-23,25-26H,2,4,6-8,10-12,24H2,1,3H3/b13-9+. The highest BCUT2D eigenvalue weighted by molar-refractivity contribution is 5.71. The second-order valence-electron chi connectivity index (χ2n) is 9.22. The lowest BCUT2D eigenvalue weighted by atomic mass is 9.98. The van der Waals surface area contributed by atoms with Crippen molar-refractivity contribution in [1.82, 2.24) is 0 Å². The molecule has 3 rings (SSSR count). The van der Waals surface area contributed by atoms with Crippen LogP contribution in [0.5, 0.6) is 0 Å². The van der Waals surface area contributed by atoms with E-state index < -0.39 is 0 Å². The molecular weight excluding hydrogens is 431 g/mol. The van der Waals surface area contributed by atoms with Gasteiger partial charge in [-0.15, -0.1) is 6.58 Å². The van der Waals surface area contributed by atoms with Gasteiger partial charge in [-0.1, -0.05) is 98.7 Å². The summed E-state index contributed by atoms with van der Waals surface area (Å²) >= 11 is 0. The van der Waals surface area contributed by atoms with Crippen molar-refractivity contribution in [2.75, 3.05) is 6.61 Å². The predicted molar refractivity (Wildman–Crippen MR) is 149 cm³/mol. The molecule has 1 unspecified atom stereocenters. The average molecular weight is 471 g/mol. The zero-order valence-electron chi connectivity index (χ0n) is 21.3. The summed E-state index contributed by atoms with van der Waals surface area (Å²) in [4.78, 5) is 0. The lowest BCUT2D eigenvalue weighted by Gasteiger charge is -2.12. The van der Waals surface area contributed by atoms with Gasteiger partial charge in [-0.3, -0.25) is 0 Å². The molecule has 1 atom stereocenters. The van der Waals surface area contributed by atoms with E-state index >= 15 is 0 Å². The normalized spacial score (nSPS) is 12.2. The Morgan fingerprint density at radius 3 is 2.11 bits per heavy atom. The van der Waals surface area contributed by atoms with Crippen molar-refractivity contribution in [1.29, 1.82) is 0 Å². The summed E-state index contributed by atoms with van der Waals surface area (Å²) in [6.07, 6.45) is 14.1. The number of ether oxygens (including phenoxy) is 1. The second kappa shape index (κ2) is 14.4. The first-order valence-electron chi connectivity index (χ1n) is 13.0. The van der Waals surface area contributed by atoms with Crippen LogP contribution in [-0.4, -0.2) is 12.7 Å². The van der Waals surface area contributed by atoms with Crippen LogP contribution in [0.2, 0.25) is 0 Å². The Bertz CT molecular complexity index is 1060. The van der Waals surface area contributed by atoms with E-state index in [0.29, 0.717) is 18.1 Å². The van der Waals surface area contributed by atoms with E-state index in [-0.39, 0.29) is 5.82 Å². The van der Waals surface area contributed by atoms with Gasteiger partial charge in [0.25, 0.3) is 0 Å². The first kappa shape index (κ1) is 26.6. The SMILES string of the molecule is C=CCc1ccc(-c2ccc(-c3ccc(/C=C/CCCC(C)OCCCCC)cc3)cc2)cc1F. The van der Waals surface area contributed by atoms with Gasteiger partial charge in [0.05, 0.1) is 6.10 Å². The molecule has 0 aromatic heterocycles. The van der Waals surface area contributed by atoms with Crippen LogP contribution in [0.1, 0.15) is 63.5 Å². The number of hydrogen-bond acceptors (Lipinski definition) is 1. The molecule has 0 amide bonds. The van der Waals surface area contributed by atoms with E-state index in [0.717, 1.165) is 42.6 Å². The Kier molecular flexibility index (Phi) is 11.0. The Morgan fingerprint density at radius 1 is 0.857 bits per heavy atom. The smallest absolute Gasteiger partial charge is 0.127 e. The maximum Gasteiger partial charge on any atom is 0.127 e. The van der Waals surface area contributed by atoms with Gasteiger partial charge >= 0.3 is 0 Å². The van der Waals surface area contributed by atoms with Gasteiger partial charge in [0.2, 0.25) is 0 Å². The molecular formula is C33H39FO. The van der Waals surface area contributed by atoms with Crippen LogP contribution in [-0.2, 0) is 11.2 Å². The number of unbranched alkanes of at least 4 members (excludes halogenated alkanes) is 3. The minimum Gasteiger partial charge on any atom is -0.379 e. The fourth-order valence-corrected chi connectivity index (χ4v) is 4.15. The molecule has 35 heavy (non-hydrogen) atoms. The summed E-state index contributed by atoms with van der Waals surface area (Å²) in [7, 11) is 0. The molecule has 0 spiro atoms. The first-order chi connectivity index (χ1) is 17.1. The van der Waals surface area contributed by atoms with Gasteiger partial charge in [-0.2, -0.15) is 0 Å². The highest BCUT2D eigenvalue weighted by Gasteiger charge is 2.05. The van der Waals surface area contributed by atoms with Crippen LogP contribution in [0, 0.1) is 5.82 Å². The largest absolute Gasteiger partial charge is 0.379 e. The number of hydrogen-bond donors (Lipinski definition) is 0. The predicted octanol–water partition coefficient (Wildman–Crippen LogP) is 9.67. The van der Waals surface area contributed by atoms with Crippen LogP contribution in [0.25, 0.3) is 28.3 Å². The van der Waals surface area contributed by atoms with Crippen molar-refractivity contribution in [2.45, 2.75) is 64.9 Å². The van der Waals surface area contributed by atoms with Crippen molar-refractivity contribution >= 4 is 6.08 Å². The maximum atomic E-state index is 14.3. The summed E-state index contributed by atoms with van der Waals surface area (Å²) in [6.45, 7) is 8.98. The second-order valence-corrected chi connectivity index (χ2v) is 9.22. The Balaban J connectivity index is 1.49. The van der Waals surface area contributed by atoms with Crippen molar-refractivity contribution in [2.24, 2.45) is 0 Å². The van der Waals surface area contributed by atoms with Gasteiger partial charge in [-0.05, 0) is 78.5 Å². The molecule has 3 aromatic carbocycles. The van der Waals surface area contributed by atoms with E-state index in [1.165, 1.54) is 30.4 Å². The molecule has 2 heteroatoms. The zero-order chi connectivity index (χ0) is 24.9. The fraction of sp³-hybridized carbons (Fsp3) is 0.333. The zero-order valence-corrected chi connectivity index (χ0v) is 21.3. The fourth-order valence-electron chi connectivity index (χ4n) is 4.15. The van der Waals surface area contributed by atoms with Crippen LogP contribution in [0.15, 0.2) is 85.5 Å². The number of allylic oxidation sites excluding steroid dienone is 2. The molecule has 0 N–H and O–H groups in total. The molecule has 3 aromatic rings. The highest BCUT2D eigenvalue weighted by Crippen LogP contribution is 2.27. The monoisotopic (exact) mass is 470 g/mol. The number of halogens is 1. The quantitative estimate of drug-likeness (QED) is 0.168. The van der Waals surface area contributed by atoms with Gasteiger partial charge in [0.1, 0.15) is 5.82 Å². The molecule has 0 heterocycles.